The molecule has 1 aromatic rings. The van der Waals surface area contributed by atoms with Crippen LogP contribution < -0.4 is 5.32 Å². The Kier molecular flexibility index (Phi) is 5.24. The summed E-state index contributed by atoms with van der Waals surface area (Å²) >= 11 is 0. The average molecular weight is 282 g/mol. The molecule has 0 atom stereocenters. The number of hydrogen-bond acceptors (Lipinski definition) is 4. The van der Waals surface area contributed by atoms with Gasteiger partial charge in [-0.1, -0.05) is 32.9 Å². The van der Waals surface area contributed by atoms with Crippen molar-refractivity contribution in [3.63, 3.8) is 0 Å². The molecule has 0 aliphatic heterocycles. The van der Waals surface area contributed by atoms with Crippen molar-refractivity contribution in [1.82, 2.24) is 20.3 Å². The van der Waals surface area contributed by atoms with Gasteiger partial charge < -0.3 is 10.4 Å². The van der Waals surface area contributed by atoms with Crippen molar-refractivity contribution in [2.45, 2.75) is 40.7 Å². The van der Waals surface area contributed by atoms with Crippen molar-refractivity contribution in [3.05, 3.63) is 11.9 Å². The Morgan fingerprint density at radius 3 is 2.60 bits per heavy atom. The average Bonchev–Trinajstić information content (AvgIpc) is 2.73. The van der Waals surface area contributed by atoms with Crippen molar-refractivity contribution in [1.29, 1.82) is 0 Å². The highest BCUT2D eigenvalue weighted by molar-refractivity contribution is 5.84. The Morgan fingerprint density at radius 2 is 2.10 bits per heavy atom. The van der Waals surface area contributed by atoms with Gasteiger partial charge in [0, 0.05) is 6.54 Å². The van der Waals surface area contributed by atoms with E-state index in [-0.39, 0.29) is 23.6 Å². The lowest BCUT2D eigenvalue weighted by molar-refractivity contribution is -0.122. The number of aromatic carboxylic acids is 1. The first-order valence-electron chi connectivity index (χ1n) is 6.60. The molecule has 20 heavy (non-hydrogen) atoms. The molecule has 1 aromatic heterocycles. The van der Waals surface area contributed by atoms with E-state index >= 15 is 0 Å². The summed E-state index contributed by atoms with van der Waals surface area (Å²) in [4.78, 5) is 22.4. The van der Waals surface area contributed by atoms with E-state index in [0.29, 0.717) is 12.5 Å². The summed E-state index contributed by atoms with van der Waals surface area (Å²) in [6, 6.07) is 0. The molecule has 0 aliphatic rings. The number of nitrogens with zero attached hydrogens (tertiary/aromatic N) is 3. The van der Waals surface area contributed by atoms with Crippen molar-refractivity contribution >= 4 is 11.9 Å². The van der Waals surface area contributed by atoms with Gasteiger partial charge in [-0.2, -0.15) is 0 Å². The predicted molar refractivity (Wildman–Crippen MR) is 73.2 cm³/mol. The number of hydrogen-bond donors (Lipinski definition) is 2. The minimum atomic E-state index is -1.16. The van der Waals surface area contributed by atoms with Gasteiger partial charge in [-0.15, -0.1) is 5.10 Å². The predicted octanol–water partition coefficient (Wildman–Crippen LogP) is 1.16. The molecule has 0 fully saturated rings. The molecule has 0 spiro atoms. The molecule has 112 valence electrons. The lowest BCUT2D eigenvalue weighted by Gasteiger charge is -2.26. The van der Waals surface area contributed by atoms with Crippen LogP contribution >= 0.6 is 0 Å². The van der Waals surface area contributed by atoms with Crippen LogP contribution in [0.4, 0.5) is 0 Å². The van der Waals surface area contributed by atoms with E-state index in [9.17, 15) is 9.59 Å². The van der Waals surface area contributed by atoms with Gasteiger partial charge in [0.2, 0.25) is 5.91 Å². The SMILES string of the molecule is CC(C)CC(C)(C)CNC(=O)Cn1cc(C(=O)O)nn1. The van der Waals surface area contributed by atoms with Crippen molar-refractivity contribution in [3.8, 4) is 0 Å². The van der Waals surface area contributed by atoms with E-state index in [1.54, 1.807) is 0 Å². The molecule has 1 rings (SSSR count). The second-order valence-electron chi connectivity index (χ2n) is 6.15. The zero-order valence-electron chi connectivity index (χ0n) is 12.4. The second-order valence-corrected chi connectivity index (χ2v) is 6.15. The summed E-state index contributed by atoms with van der Waals surface area (Å²) < 4.78 is 1.22. The number of rotatable bonds is 7. The highest BCUT2D eigenvalue weighted by Gasteiger charge is 2.20. The summed E-state index contributed by atoms with van der Waals surface area (Å²) in [5.74, 6) is -0.797. The third-order valence-corrected chi connectivity index (χ3v) is 2.79. The van der Waals surface area contributed by atoms with Crippen LogP contribution in [-0.2, 0) is 11.3 Å². The first kappa shape index (κ1) is 16.1. The largest absolute Gasteiger partial charge is 0.476 e. The van der Waals surface area contributed by atoms with E-state index in [0.717, 1.165) is 6.42 Å². The molecule has 0 radical (unpaired) electrons. The molecule has 1 amide bonds. The zero-order valence-corrected chi connectivity index (χ0v) is 12.4. The van der Waals surface area contributed by atoms with Crippen molar-refractivity contribution < 1.29 is 14.7 Å². The molecule has 0 unspecified atom stereocenters. The number of nitrogens with one attached hydrogen (secondary N) is 1. The highest BCUT2D eigenvalue weighted by Crippen LogP contribution is 2.23. The van der Waals surface area contributed by atoms with Crippen LogP contribution in [0, 0.1) is 11.3 Å². The quantitative estimate of drug-likeness (QED) is 0.782. The highest BCUT2D eigenvalue weighted by atomic mass is 16.4. The van der Waals surface area contributed by atoms with Gasteiger partial charge in [0.15, 0.2) is 5.69 Å². The summed E-state index contributed by atoms with van der Waals surface area (Å²) in [7, 11) is 0. The van der Waals surface area contributed by atoms with E-state index in [4.69, 9.17) is 5.11 Å². The fourth-order valence-corrected chi connectivity index (χ4v) is 2.19. The lowest BCUT2D eigenvalue weighted by atomic mass is 9.84. The monoisotopic (exact) mass is 282 g/mol. The number of amides is 1. The third-order valence-electron chi connectivity index (χ3n) is 2.79. The molecule has 7 heteroatoms. The van der Waals surface area contributed by atoms with Gasteiger partial charge in [-0.05, 0) is 17.8 Å². The van der Waals surface area contributed by atoms with E-state index in [1.807, 2.05) is 0 Å². The minimum absolute atomic E-state index is 0.0262. The summed E-state index contributed by atoms with van der Waals surface area (Å²) in [5.41, 5.74) is -0.142. The van der Waals surface area contributed by atoms with Crippen LogP contribution in [0.5, 0.6) is 0 Å². The normalized spacial score (nSPS) is 11.7. The maximum Gasteiger partial charge on any atom is 0.358 e. The Balaban J connectivity index is 2.45. The van der Waals surface area contributed by atoms with E-state index < -0.39 is 5.97 Å². The second kappa shape index (κ2) is 6.49. The van der Waals surface area contributed by atoms with Gasteiger partial charge in [-0.3, -0.25) is 4.79 Å². The van der Waals surface area contributed by atoms with Crippen LogP contribution in [0.15, 0.2) is 6.20 Å². The molecule has 0 aromatic carbocycles. The Labute approximate surface area is 118 Å². The van der Waals surface area contributed by atoms with Crippen LogP contribution in [0.3, 0.4) is 0 Å². The van der Waals surface area contributed by atoms with Gasteiger partial charge in [0.25, 0.3) is 0 Å². The van der Waals surface area contributed by atoms with Crippen LogP contribution in [0.2, 0.25) is 0 Å². The third kappa shape index (κ3) is 5.38. The molecule has 1 heterocycles. The Bertz CT molecular complexity index is 480. The fraction of sp³-hybridized carbons (Fsp3) is 0.692. The summed E-state index contributed by atoms with van der Waals surface area (Å²) in [6.45, 7) is 9.04. The van der Waals surface area contributed by atoms with Crippen LogP contribution in [0.25, 0.3) is 0 Å². The Hall–Kier alpha value is -1.92. The fourth-order valence-electron chi connectivity index (χ4n) is 2.19. The number of carbonyl (C=O) groups excluding carboxylic acids is 1. The summed E-state index contributed by atoms with van der Waals surface area (Å²) in [6.07, 6.45) is 2.25. The van der Waals surface area contributed by atoms with Gasteiger partial charge >= 0.3 is 5.97 Å². The number of carboxylic acids is 1. The molecular weight excluding hydrogens is 260 g/mol. The first-order valence-corrected chi connectivity index (χ1v) is 6.60. The van der Waals surface area contributed by atoms with Crippen LogP contribution in [0.1, 0.15) is 44.6 Å². The van der Waals surface area contributed by atoms with Crippen molar-refractivity contribution in [2.75, 3.05) is 6.54 Å². The maximum absolute atomic E-state index is 11.8. The van der Waals surface area contributed by atoms with E-state index in [2.05, 4.69) is 43.3 Å². The molecule has 0 saturated heterocycles. The van der Waals surface area contributed by atoms with Crippen molar-refractivity contribution in [2.24, 2.45) is 11.3 Å². The molecule has 0 bridgehead atoms. The number of aromatic nitrogens is 3. The zero-order chi connectivity index (χ0) is 15.3. The Morgan fingerprint density at radius 1 is 1.45 bits per heavy atom. The smallest absolute Gasteiger partial charge is 0.358 e. The first-order chi connectivity index (χ1) is 9.19. The molecular formula is C13H22N4O3. The van der Waals surface area contributed by atoms with Gasteiger partial charge in [-0.25, -0.2) is 9.48 Å². The standard InChI is InChI=1S/C13H22N4O3/c1-9(2)5-13(3,4)8-14-11(18)7-17-6-10(12(19)20)15-16-17/h6,9H,5,7-8H2,1-4H3,(H,14,18)(H,19,20). The molecule has 2 N–H and O–H groups in total. The van der Waals surface area contributed by atoms with Gasteiger partial charge in [0.1, 0.15) is 6.54 Å². The molecule has 0 aliphatic carbocycles. The number of carboxylic acid groups (broad SMARTS) is 1. The topological polar surface area (TPSA) is 97.1 Å². The molecule has 7 nitrogen and oxygen atoms in total. The van der Waals surface area contributed by atoms with Gasteiger partial charge in [0.05, 0.1) is 6.20 Å². The molecule has 0 saturated carbocycles. The maximum atomic E-state index is 11.8. The van der Waals surface area contributed by atoms with E-state index in [1.165, 1.54) is 10.9 Å². The number of carbonyl (C=O) groups is 2. The van der Waals surface area contributed by atoms with Crippen LogP contribution in [-0.4, -0.2) is 38.5 Å². The minimum Gasteiger partial charge on any atom is -0.476 e. The lowest BCUT2D eigenvalue weighted by Crippen LogP contribution is -2.36. The summed E-state index contributed by atoms with van der Waals surface area (Å²) in [5, 5.41) is 18.6.